The number of hydrogen-bond acceptors (Lipinski definition) is 9. The Balaban J connectivity index is 1.02. The number of methoxy groups -OCH3 is 3. The molecule has 2 aromatic heterocycles. The number of likely N-dealkylation sites (tertiary alicyclic amines) is 2. The number of rotatable bonds is 14. The molecule has 2 saturated heterocycles. The minimum atomic E-state index is -0.684. The summed E-state index contributed by atoms with van der Waals surface area (Å²) in [5.41, 5.74) is 6.99. The van der Waals surface area contributed by atoms with Gasteiger partial charge in [-0.3, -0.25) is 9.69 Å². The predicted molar refractivity (Wildman–Crippen MR) is 224 cm³/mol. The number of alkyl carbamates (subject to hydrolysis) is 2. The lowest BCUT2D eigenvalue weighted by Gasteiger charge is -2.30. The number of nitrogens with one attached hydrogen (secondary N) is 4. The van der Waals surface area contributed by atoms with Gasteiger partial charge in [-0.05, 0) is 58.9 Å². The molecule has 0 bridgehead atoms. The van der Waals surface area contributed by atoms with Crippen LogP contribution in [0.4, 0.5) is 9.59 Å². The Kier molecular flexibility index (Phi) is 13.1. The molecule has 3 amide bonds. The van der Waals surface area contributed by atoms with E-state index in [0.29, 0.717) is 25.6 Å². The number of nitrogens with zero attached hydrogens (tertiary/aromatic N) is 4. The standard InChI is InChI=1S/C45H54N8O6/c1-28(2)40(51-45(56)59-5)43(54)53-21-9-12-38(53)41-46-23-35(48-41)33-17-13-30(14-18-33)31-15-19-34(20-16-31)36-24-47-42(49-36)39-22-29(27-57-3)25-52(39)26-37(50-44(55)58-4)32-10-7-6-8-11-32/h6-8,10-11,13-20,23-24,28-29,37-40H,9,12,21-22,25-27H2,1-5H3,(H,46,48)(H,47,49)(H,50,55)(H,51,56)/t29-,37-,38-,39-,40-/m0/s1. The molecule has 14 nitrogen and oxygen atoms in total. The fraction of sp³-hybridized carbons (Fsp3) is 0.400. The summed E-state index contributed by atoms with van der Waals surface area (Å²) in [6, 6.07) is 25.6. The van der Waals surface area contributed by atoms with Crippen molar-refractivity contribution in [3.63, 3.8) is 0 Å². The van der Waals surface area contributed by atoms with Crippen LogP contribution in [0.5, 0.6) is 0 Å². The highest BCUT2D eigenvalue weighted by Crippen LogP contribution is 2.37. The number of benzene rings is 3. The number of amides is 3. The smallest absolute Gasteiger partial charge is 0.407 e. The molecule has 0 unspecified atom stereocenters. The second kappa shape index (κ2) is 18.7. The third-order valence-corrected chi connectivity index (χ3v) is 11.5. The summed E-state index contributed by atoms with van der Waals surface area (Å²) in [5, 5.41) is 5.73. The van der Waals surface area contributed by atoms with Crippen LogP contribution >= 0.6 is 0 Å². The van der Waals surface area contributed by atoms with Crippen LogP contribution < -0.4 is 10.6 Å². The zero-order chi connectivity index (χ0) is 41.5. The molecule has 3 aromatic carbocycles. The summed E-state index contributed by atoms with van der Waals surface area (Å²) in [6.45, 7) is 6.46. The SMILES string of the molecule is COC[C@H]1C[C@@H](c2ncc(-c3ccc(-c4ccc(-c5cnc([C@@H]6CCCN6C(=O)[C@@H](NC(=O)OC)C(C)C)[nH]5)cc4)cc3)[nH]2)N(C[C@H](NC(=O)OC)c2ccccc2)C1. The number of H-pyrrole nitrogens is 2. The lowest BCUT2D eigenvalue weighted by atomic mass is 10.0. The van der Waals surface area contributed by atoms with Gasteiger partial charge in [-0.2, -0.15) is 0 Å². The molecule has 59 heavy (non-hydrogen) atoms. The van der Waals surface area contributed by atoms with Crippen LogP contribution in [0.2, 0.25) is 0 Å². The van der Waals surface area contributed by atoms with Crippen LogP contribution in [-0.4, -0.2) is 101 Å². The third-order valence-electron chi connectivity index (χ3n) is 11.5. The molecular formula is C45H54N8O6. The van der Waals surface area contributed by atoms with Gasteiger partial charge in [0.05, 0.1) is 62.7 Å². The van der Waals surface area contributed by atoms with Crippen LogP contribution in [0, 0.1) is 11.8 Å². The van der Waals surface area contributed by atoms with Crippen LogP contribution in [-0.2, 0) is 19.0 Å². The van der Waals surface area contributed by atoms with Crippen LogP contribution in [0.3, 0.4) is 0 Å². The van der Waals surface area contributed by atoms with Crippen molar-refractivity contribution in [2.24, 2.45) is 11.8 Å². The summed E-state index contributed by atoms with van der Waals surface area (Å²) in [4.78, 5) is 58.7. The van der Waals surface area contributed by atoms with Gasteiger partial charge in [0, 0.05) is 26.7 Å². The van der Waals surface area contributed by atoms with Gasteiger partial charge in [0.15, 0.2) is 0 Å². The molecule has 4 N–H and O–H groups in total. The van der Waals surface area contributed by atoms with Crippen molar-refractivity contribution in [2.45, 2.75) is 57.3 Å². The lowest BCUT2D eigenvalue weighted by molar-refractivity contribution is -0.135. The second-order valence-electron chi connectivity index (χ2n) is 15.7. The van der Waals surface area contributed by atoms with Crippen molar-refractivity contribution < 1.29 is 28.6 Å². The molecule has 5 atom stereocenters. The van der Waals surface area contributed by atoms with Crippen molar-refractivity contribution >= 4 is 18.1 Å². The highest BCUT2D eigenvalue weighted by atomic mass is 16.5. The number of aromatic amines is 2. The van der Waals surface area contributed by atoms with Crippen molar-refractivity contribution in [3.8, 4) is 33.6 Å². The second-order valence-corrected chi connectivity index (χ2v) is 15.7. The largest absolute Gasteiger partial charge is 0.453 e. The summed E-state index contributed by atoms with van der Waals surface area (Å²) < 4.78 is 15.3. The molecule has 7 rings (SSSR count). The van der Waals surface area contributed by atoms with Crippen LogP contribution in [0.1, 0.15) is 68.4 Å². The summed E-state index contributed by atoms with van der Waals surface area (Å²) in [6.07, 6.45) is 5.14. The third kappa shape index (κ3) is 9.50. The average Bonchev–Trinajstić information content (AvgIpc) is 4.10. The Labute approximate surface area is 345 Å². The maximum absolute atomic E-state index is 13.6. The number of ether oxygens (including phenoxy) is 3. The van der Waals surface area contributed by atoms with Gasteiger partial charge >= 0.3 is 12.2 Å². The maximum atomic E-state index is 13.6. The van der Waals surface area contributed by atoms with E-state index in [-0.39, 0.29) is 30.0 Å². The monoisotopic (exact) mass is 802 g/mol. The van der Waals surface area contributed by atoms with E-state index >= 15 is 0 Å². The first-order valence-corrected chi connectivity index (χ1v) is 20.2. The lowest BCUT2D eigenvalue weighted by Crippen LogP contribution is -2.51. The van der Waals surface area contributed by atoms with E-state index < -0.39 is 18.2 Å². The number of carbonyl (C=O) groups is 3. The van der Waals surface area contributed by atoms with Crippen molar-refractivity contribution in [1.82, 2.24) is 40.4 Å². The van der Waals surface area contributed by atoms with E-state index in [2.05, 4.69) is 74.0 Å². The molecule has 0 radical (unpaired) electrons. The van der Waals surface area contributed by atoms with E-state index in [1.54, 1.807) is 7.11 Å². The first-order chi connectivity index (χ1) is 28.6. The zero-order valence-corrected chi connectivity index (χ0v) is 34.3. The van der Waals surface area contributed by atoms with Crippen molar-refractivity contribution in [1.29, 1.82) is 0 Å². The predicted octanol–water partition coefficient (Wildman–Crippen LogP) is 7.28. The van der Waals surface area contributed by atoms with E-state index in [1.807, 2.05) is 61.5 Å². The zero-order valence-electron chi connectivity index (χ0n) is 34.3. The van der Waals surface area contributed by atoms with E-state index in [0.717, 1.165) is 76.7 Å². The molecular weight excluding hydrogens is 749 g/mol. The van der Waals surface area contributed by atoms with Gasteiger partial charge in [0.2, 0.25) is 5.91 Å². The van der Waals surface area contributed by atoms with E-state index in [1.165, 1.54) is 14.2 Å². The molecule has 2 fully saturated rings. The minimum absolute atomic E-state index is 0.0189. The number of carbonyl (C=O) groups excluding carboxylic acids is 3. The molecule has 0 saturated carbocycles. The van der Waals surface area contributed by atoms with Gasteiger partial charge in [-0.1, -0.05) is 92.7 Å². The maximum Gasteiger partial charge on any atom is 0.407 e. The quantitative estimate of drug-likeness (QED) is 0.0902. The van der Waals surface area contributed by atoms with Gasteiger partial charge in [0.1, 0.15) is 17.7 Å². The van der Waals surface area contributed by atoms with Crippen LogP contribution in [0.15, 0.2) is 91.3 Å². The van der Waals surface area contributed by atoms with Crippen molar-refractivity contribution in [3.05, 3.63) is 108 Å². The van der Waals surface area contributed by atoms with Crippen LogP contribution in [0.25, 0.3) is 33.6 Å². The summed E-state index contributed by atoms with van der Waals surface area (Å²) >= 11 is 0. The Morgan fingerprint density at radius 2 is 1.32 bits per heavy atom. The summed E-state index contributed by atoms with van der Waals surface area (Å²) in [5.74, 6) is 1.70. The molecule has 2 aliphatic rings. The van der Waals surface area contributed by atoms with Gasteiger partial charge in [-0.15, -0.1) is 0 Å². The highest BCUT2D eigenvalue weighted by molar-refractivity contribution is 5.86. The fourth-order valence-electron chi connectivity index (χ4n) is 8.38. The van der Waals surface area contributed by atoms with Gasteiger partial charge < -0.3 is 39.7 Å². The molecule has 4 heterocycles. The summed E-state index contributed by atoms with van der Waals surface area (Å²) in [7, 11) is 4.41. The molecule has 14 heteroatoms. The molecule has 2 aliphatic heterocycles. The first kappa shape index (κ1) is 41.2. The van der Waals surface area contributed by atoms with Crippen molar-refractivity contribution in [2.75, 3.05) is 47.6 Å². The Hall–Kier alpha value is -5.99. The number of imidazole rings is 2. The highest BCUT2D eigenvalue weighted by Gasteiger charge is 2.38. The topological polar surface area (TPSA) is 167 Å². The van der Waals surface area contributed by atoms with Gasteiger partial charge in [-0.25, -0.2) is 19.6 Å². The molecule has 310 valence electrons. The average molecular weight is 803 g/mol. The van der Waals surface area contributed by atoms with Gasteiger partial charge in [0.25, 0.3) is 0 Å². The number of hydrogen-bond donors (Lipinski definition) is 4. The Morgan fingerprint density at radius 1 is 0.763 bits per heavy atom. The van der Waals surface area contributed by atoms with E-state index in [4.69, 9.17) is 24.2 Å². The minimum Gasteiger partial charge on any atom is -0.453 e. The first-order valence-electron chi connectivity index (χ1n) is 20.2. The molecule has 5 aromatic rings. The Bertz CT molecular complexity index is 2170. The number of aromatic nitrogens is 4. The fourth-order valence-corrected chi connectivity index (χ4v) is 8.38. The van der Waals surface area contributed by atoms with E-state index in [9.17, 15) is 14.4 Å². The Morgan fingerprint density at radius 3 is 1.88 bits per heavy atom. The molecule has 0 spiro atoms. The molecule has 0 aliphatic carbocycles. The normalized spacial score (nSPS) is 19.1.